The molecular formula is C101H96Cl6N10O20S5. The summed E-state index contributed by atoms with van der Waals surface area (Å²) in [6, 6.07) is 46.2. The lowest BCUT2D eigenvalue weighted by Crippen LogP contribution is -2.46. The van der Waals surface area contributed by atoms with Crippen LogP contribution in [0.2, 0.25) is 30.1 Å². The molecule has 41 heteroatoms. The van der Waals surface area contributed by atoms with Crippen LogP contribution in [0.3, 0.4) is 0 Å². The predicted octanol–water partition coefficient (Wildman–Crippen LogP) is 16.5. The van der Waals surface area contributed by atoms with Gasteiger partial charge in [0.15, 0.2) is 0 Å². The van der Waals surface area contributed by atoms with Gasteiger partial charge in [0.2, 0.25) is 29.5 Å². The number of halogens is 6. The van der Waals surface area contributed by atoms with Gasteiger partial charge in [0.1, 0.15) is 29.6 Å². The van der Waals surface area contributed by atoms with E-state index in [2.05, 4.69) is 26.6 Å². The molecular weight excluding hydrogens is 2050 g/mol. The van der Waals surface area contributed by atoms with Crippen molar-refractivity contribution in [3.63, 3.8) is 0 Å². The van der Waals surface area contributed by atoms with Crippen molar-refractivity contribution >= 4 is 207 Å². The van der Waals surface area contributed by atoms with Crippen LogP contribution in [0.25, 0.3) is 0 Å². The molecule has 5 atom stereocenters. The van der Waals surface area contributed by atoms with Gasteiger partial charge in [-0.05, 0) is 340 Å². The van der Waals surface area contributed by atoms with E-state index in [0.717, 1.165) is 190 Å². The minimum absolute atomic E-state index is 0.0117. The number of fused-ring (bicyclic) bond motifs is 10. The largest absolute Gasteiger partial charge is 0.325 e. The fourth-order valence-corrected chi connectivity index (χ4v) is 27.3. The first-order valence-electron chi connectivity index (χ1n) is 45.7. The molecule has 10 aromatic carbocycles. The minimum atomic E-state index is -4.00. The Labute approximate surface area is 852 Å². The Hall–Kier alpha value is -11.6. The smallest absolute Gasteiger partial charge is 0.266 e. The first kappa shape index (κ1) is 103. The van der Waals surface area contributed by atoms with Gasteiger partial charge in [-0.15, -0.1) is 0 Å². The van der Waals surface area contributed by atoms with Crippen LogP contribution in [0.4, 0.5) is 28.4 Å². The number of nitrogens with zero attached hydrogens (tertiary/aromatic N) is 5. The second kappa shape index (κ2) is 41.2. The SMILES string of the molecule is CN1C(=O)C(C(=O)Nc2cc(Cl)ccc2Cl)c2cc3c(cc2S1(=O)=O)CCCC3.CN1C(=O)C(C(=O)Nc2ccc(Cl)cc2)c2cc3c(cc2S1(=O)=O)CCCC3.CN1C(=O)C(C(=O)Nc2cccc(Cl)c2)c2cc3c(cc2S1(=O)=O)CCCC3.CN1C(=O)C(C(=O)Nc2ccccc2Cl)c2cc3c(cc2S1(=O)=O)CCCC3.Cc1ccc(NC(=O)C2C(=O)N(C)S(=O)(=O)c3cc4c(cc32)CCCC4)cc1Cl. The summed E-state index contributed by atoms with van der Waals surface area (Å²) in [5.41, 5.74) is 14.0. The van der Waals surface area contributed by atoms with E-state index in [9.17, 15) is 90.0 Å². The summed E-state index contributed by atoms with van der Waals surface area (Å²) in [5, 5.41) is 15.8. The van der Waals surface area contributed by atoms with Gasteiger partial charge in [-0.2, -0.15) is 0 Å². The molecule has 0 saturated heterocycles. The lowest BCUT2D eigenvalue weighted by Gasteiger charge is -2.32. The Morgan fingerprint density at radius 3 is 0.810 bits per heavy atom. The van der Waals surface area contributed by atoms with Gasteiger partial charge >= 0.3 is 0 Å². The standard InChI is InChI=1S/C21H21ClN2O4S.C20H18Cl2N2O4S.3C20H19ClN2O4S/c1-12-7-8-15(11-17(12)22)23-20(25)19-16-9-13-5-3-4-6-14(13)10-18(16)29(27,28)24(2)21(19)26;1-24-20(26)18(19(25)23-16-10-13(21)6-7-15(16)22)14-8-11-4-2-3-5-12(11)9-17(14)29(24,27)28;1-23-20(25)18(19(24)22-16-9-5-4-8-15(16)21)14-10-12-6-2-3-7-13(12)11-17(14)28(23,26)27;1-23-20(25)18(19(24)22-15-8-4-7-14(21)11-15)16-9-12-5-2-3-6-13(12)10-17(16)28(23,26)27;1-23-20(25)18(19(24)22-15-8-6-14(21)7-9-15)16-10-12-4-2-3-5-13(12)11-17(16)28(23,26)27/h7-11,19H,3-6H2,1-2H3,(H,23,25);6-10,18H,2-5H2,1H3,(H,23,25);4-5,8-11,18H,2-3,6-7H2,1H3,(H,22,24);4,7-11,18H,2-3,5-6H2,1H3,(H,22,24);6-11,18H,2-5H2,1H3,(H,22,24). The van der Waals surface area contributed by atoms with Gasteiger partial charge < -0.3 is 26.6 Å². The zero-order valence-electron chi connectivity index (χ0n) is 77.4. The van der Waals surface area contributed by atoms with Crippen molar-refractivity contribution in [2.24, 2.45) is 0 Å². The van der Waals surface area contributed by atoms with E-state index in [1.54, 1.807) is 158 Å². The van der Waals surface area contributed by atoms with Gasteiger partial charge in [-0.1, -0.05) is 124 Å². The first-order chi connectivity index (χ1) is 67.3. The van der Waals surface area contributed by atoms with Crippen LogP contribution in [-0.2, 0) is 162 Å². The molecule has 5 aliphatic carbocycles. The fraction of sp³-hybridized carbons (Fsp3) is 0.307. The van der Waals surface area contributed by atoms with Crippen molar-refractivity contribution in [2.45, 2.75) is 189 Å². The highest BCUT2D eigenvalue weighted by Gasteiger charge is 2.52. The van der Waals surface area contributed by atoms with Crippen molar-refractivity contribution < 1.29 is 90.0 Å². The number of anilines is 5. The number of amides is 10. The molecule has 742 valence electrons. The van der Waals surface area contributed by atoms with Crippen molar-refractivity contribution in [1.82, 2.24) is 21.5 Å². The summed E-state index contributed by atoms with van der Waals surface area (Å²) < 4.78 is 132. The molecule has 10 amide bonds. The molecule has 5 aliphatic heterocycles. The van der Waals surface area contributed by atoms with Crippen molar-refractivity contribution in [3.8, 4) is 0 Å². The molecule has 20 rings (SSSR count). The van der Waals surface area contributed by atoms with Crippen molar-refractivity contribution in [3.05, 3.63) is 289 Å². The number of benzene rings is 10. The van der Waals surface area contributed by atoms with Crippen LogP contribution >= 0.6 is 69.6 Å². The van der Waals surface area contributed by atoms with E-state index < -0.39 is 139 Å². The Bertz CT molecular complexity index is 7630. The molecule has 10 aromatic rings. The van der Waals surface area contributed by atoms with Gasteiger partial charge in [0.05, 0.1) is 45.9 Å². The number of sulfonamides is 5. The average molecular weight is 2140 g/mol. The lowest BCUT2D eigenvalue weighted by molar-refractivity contribution is -0.134. The molecule has 0 radical (unpaired) electrons. The maximum atomic E-state index is 13.1. The number of para-hydroxylation sites is 1. The van der Waals surface area contributed by atoms with Gasteiger partial charge in [0, 0.05) is 72.4 Å². The van der Waals surface area contributed by atoms with Crippen LogP contribution in [-0.4, -0.2) is 158 Å². The second-order valence-corrected chi connectivity index (χ2v) is 48.3. The third-order valence-electron chi connectivity index (χ3n) is 27.2. The summed E-state index contributed by atoms with van der Waals surface area (Å²) in [6.45, 7) is 1.85. The monoisotopic (exact) mass is 2140 g/mol. The van der Waals surface area contributed by atoms with Crippen LogP contribution in [0.1, 0.15) is 183 Å². The number of carbonyl (C=O) groups is 10. The molecule has 0 fully saturated rings. The topological polar surface area (TPSA) is 418 Å². The zero-order valence-corrected chi connectivity index (χ0v) is 86.0. The molecule has 10 aliphatic rings. The maximum absolute atomic E-state index is 13.1. The first-order valence-corrected chi connectivity index (χ1v) is 55.2. The average Bonchev–Trinajstić information content (AvgIpc) is 0.749. The molecule has 5 unspecified atom stereocenters. The molecule has 0 saturated carbocycles. The molecule has 5 N–H and O–H groups in total. The summed E-state index contributed by atoms with van der Waals surface area (Å²) in [4.78, 5) is 130. The van der Waals surface area contributed by atoms with Gasteiger partial charge in [-0.3, -0.25) is 47.9 Å². The van der Waals surface area contributed by atoms with E-state index in [-0.39, 0.29) is 63.0 Å². The number of aryl methyl sites for hydroxylation is 11. The zero-order chi connectivity index (χ0) is 102. The molecule has 0 bridgehead atoms. The Morgan fingerprint density at radius 1 is 0.254 bits per heavy atom. The third kappa shape index (κ3) is 20.3. The van der Waals surface area contributed by atoms with E-state index in [1.165, 1.54) is 47.4 Å². The summed E-state index contributed by atoms with van der Waals surface area (Å²) in [7, 11) is -13.9. The minimum Gasteiger partial charge on any atom is -0.325 e. The van der Waals surface area contributed by atoms with Crippen LogP contribution < -0.4 is 26.6 Å². The molecule has 142 heavy (non-hydrogen) atoms. The predicted molar refractivity (Wildman–Crippen MR) is 539 cm³/mol. The lowest BCUT2D eigenvalue weighted by atomic mass is 9.86. The number of hydrogen-bond acceptors (Lipinski definition) is 20. The number of nitrogens with one attached hydrogen (secondary N) is 5. The summed E-state index contributed by atoms with van der Waals surface area (Å²) in [5.74, 6) is -13.0. The van der Waals surface area contributed by atoms with E-state index in [4.69, 9.17) is 69.6 Å². The van der Waals surface area contributed by atoms with Gasteiger partial charge in [-0.25, -0.2) is 63.6 Å². The number of carbonyl (C=O) groups excluding carboxylic acids is 10. The Balaban J connectivity index is 0.000000128. The van der Waals surface area contributed by atoms with E-state index >= 15 is 0 Å². The Kier molecular flexibility index (Phi) is 30.0. The van der Waals surface area contributed by atoms with Crippen LogP contribution in [0.15, 0.2) is 194 Å². The summed E-state index contributed by atoms with van der Waals surface area (Å²) in [6.07, 6.45) is 18.0. The normalized spacial score (nSPS) is 20.2. The number of hydrogen-bond donors (Lipinski definition) is 5. The summed E-state index contributed by atoms with van der Waals surface area (Å²) >= 11 is 36.1. The fourth-order valence-electron chi connectivity index (χ4n) is 19.3. The highest BCUT2D eigenvalue weighted by Crippen LogP contribution is 2.47. The second-order valence-electron chi connectivity index (χ2n) is 36.1. The maximum Gasteiger partial charge on any atom is 0.266 e. The third-order valence-corrected chi connectivity index (χ3v) is 38.0. The van der Waals surface area contributed by atoms with E-state index in [0.29, 0.717) is 69.4 Å². The van der Waals surface area contributed by atoms with Gasteiger partial charge in [0.25, 0.3) is 79.7 Å². The quantitative estimate of drug-likeness (QED) is 0.0794. The molecule has 0 aromatic heterocycles. The highest BCUT2D eigenvalue weighted by atomic mass is 35.5. The molecule has 5 heterocycles. The Morgan fingerprint density at radius 2 is 0.507 bits per heavy atom. The van der Waals surface area contributed by atoms with Crippen LogP contribution in [0, 0.1) is 6.92 Å². The molecule has 0 spiro atoms. The van der Waals surface area contributed by atoms with E-state index in [1.807, 2.05) is 6.92 Å². The highest BCUT2D eigenvalue weighted by molar-refractivity contribution is 7.91. The number of likely N-dealkylation sites (N-methyl/N-ethyl adjacent to an activating group) is 5. The van der Waals surface area contributed by atoms with Crippen LogP contribution in [0.5, 0.6) is 0 Å². The van der Waals surface area contributed by atoms with Crippen molar-refractivity contribution in [2.75, 3.05) is 61.8 Å². The number of rotatable bonds is 10. The van der Waals surface area contributed by atoms with Crippen molar-refractivity contribution in [1.29, 1.82) is 0 Å². The molecule has 30 nitrogen and oxygen atoms in total.